The number of rotatable bonds is 4. The Balaban J connectivity index is 2.04. The van der Waals surface area contributed by atoms with Crippen LogP contribution in [0.15, 0.2) is 55.5 Å². The van der Waals surface area contributed by atoms with E-state index in [2.05, 4.69) is 42.1 Å². The van der Waals surface area contributed by atoms with Crippen molar-refractivity contribution in [3.63, 3.8) is 0 Å². The van der Waals surface area contributed by atoms with Crippen LogP contribution in [0.4, 0.5) is 8.78 Å². The van der Waals surface area contributed by atoms with Gasteiger partial charge >= 0.3 is 0 Å². The van der Waals surface area contributed by atoms with Gasteiger partial charge in [0.15, 0.2) is 5.17 Å². The predicted molar refractivity (Wildman–Crippen MR) is 98.7 cm³/mol. The average molecular weight is 463 g/mol. The Labute approximate surface area is 153 Å². The molecule has 0 aliphatic rings. The van der Waals surface area contributed by atoms with E-state index in [9.17, 15) is 8.78 Å². The number of nitrogens with zero attached hydrogens (tertiary/aromatic N) is 2. The fourth-order valence-electron chi connectivity index (χ4n) is 1.60. The maximum absolute atomic E-state index is 13.9. The number of thioether (sulfide) groups is 1. The highest BCUT2D eigenvalue weighted by Gasteiger charge is 2.14. The molecule has 23 heavy (non-hydrogen) atoms. The Kier molecular flexibility index (Phi) is 6.73. The molecular formula is C15H11Br2F2N3S. The Morgan fingerprint density at radius 2 is 1.91 bits per heavy atom. The molecule has 0 saturated heterocycles. The zero-order chi connectivity index (χ0) is 16.8. The molecule has 2 N–H and O–H groups in total. The molecule has 2 aromatic carbocycles. The van der Waals surface area contributed by atoms with Crippen LogP contribution in [0.2, 0.25) is 0 Å². The van der Waals surface area contributed by atoms with Crippen molar-refractivity contribution in [2.45, 2.75) is 5.75 Å². The molecule has 8 heteroatoms. The van der Waals surface area contributed by atoms with Gasteiger partial charge in [-0.05, 0) is 43.5 Å². The molecule has 0 aromatic heterocycles. The lowest BCUT2D eigenvalue weighted by atomic mass is 10.2. The Morgan fingerprint density at radius 3 is 2.61 bits per heavy atom. The number of amidine groups is 1. The van der Waals surface area contributed by atoms with Crippen LogP contribution in [0.25, 0.3) is 0 Å². The molecule has 3 nitrogen and oxygen atoms in total. The van der Waals surface area contributed by atoms with Crippen molar-refractivity contribution in [1.29, 1.82) is 0 Å². The summed E-state index contributed by atoms with van der Waals surface area (Å²) in [7, 11) is 0. The number of halogens is 4. The second-order valence-corrected chi connectivity index (χ2v) is 6.98. The number of nitrogens with two attached hydrogens (primary N) is 1. The number of hydrogen-bond donors (Lipinski definition) is 1. The molecule has 0 atom stereocenters. The first-order valence-corrected chi connectivity index (χ1v) is 8.92. The summed E-state index contributed by atoms with van der Waals surface area (Å²) in [5, 5.41) is 7.80. The van der Waals surface area contributed by atoms with Crippen LogP contribution in [-0.2, 0) is 5.75 Å². The minimum Gasteiger partial charge on any atom is -0.377 e. The molecule has 0 radical (unpaired) electrons. The van der Waals surface area contributed by atoms with Gasteiger partial charge in [-0.1, -0.05) is 42.1 Å². The van der Waals surface area contributed by atoms with Gasteiger partial charge < -0.3 is 5.73 Å². The summed E-state index contributed by atoms with van der Waals surface area (Å²) in [5.41, 5.74) is 6.93. The Morgan fingerprint density at radius 1 is 1.22 bits per heavy atom. The minimum absolute atomic E-state index is 0.0860. The normalized spacial score (nSPS) is 12.1. The highest BCUT2D eigenvalue weighted by atomic mass is 79.9. The molecule has 0 spiro atoms. The fourth-order valence-corrected chi connectivity index (χ4v) is 3.02. The zero-order valence-electron chi connectivity index (χ0n) is 11.6. The summed E-state index contributed by atoms with van der Waals surface area (Å²) in [6, 6.07) is 10.9. The minimum atomic E-state index is -0.758. The lowest BCUT2D eigenvalue weighted by Gasteiger charge is -2.03. The first-order chi connectivity index (χ1) is 11.0. The average Bonchev–Trinajstić information content (AvgIpc) is 2.55. The van der Waals surface area contributed by atoms with Crippen molar-refractivity contribution < 1.29 is 8.78 Å². The maximum Gasteiger partial charge on any atom is 0.180 e. The number of hydrogen-bond acceptors (Lipinski definition) is 3. The highest BCUT2D eigenvalue weighted by molar-refractivity contribution is 9.11. The summed E-state index contributed by atoms with van der Waals surface area (Å²) >= 11 is 7.24. The van der Waals surface area contributed by atoms with Crippen LogP contribution in [0.3, 0.4) is 0 Å². The maximum atomic E-state index is 13.9. The molecule has 2 aromatic rings. The van der Waals surface area contributed by atoms with Crippen molar-refractivity contribution in [3.05, 3.63) is 68.1 Å². The smallest absolute Gasteiger partial charge is 0.180 e. The Bertz CT molecular complexity index is 752. The molecule has 2 rings (SSSR count). The topological polar surface area (TPSA) is 50.7 Å². The molecule has 0 fully saturated rings. The molecule has 0 aliphatic heterocycles. The molecular weight excluding hydrogens is 452 g/mol. The standard InChI is InChI=1S/C15H11Br2F2N3S/c16-11-6-12(18)13(17)14(19)10(11)7-21-22-15(20)23-8-9-4-2-1-3-5-9/h1-7H,8H2,(H2,20,22). The third-order valence-corrected chi connectivity index (χ3v) is 4.96. The Hall–Kier alpha value is -1.25. The van der Waals surface area contributed by atoms with Crippen molar-refractivity contribution in [2.24, 2.45) is 15.9 Å². The summed E-state index contributed by atoms with van der Waals surface area (Å²) in [4.78, 5) is 0. The van der Waals surface area contributed by atoms with Crippen LogP contribution in [0.5, 0.6) is 0 Å². The van der Waals surface area contributed by atoms with E-state index < -0.39 is 11.6 Å². The molecule has 120 valence electrons. The van der Waals surface area contributed by atoms with E-state index in [4.69, 9.17) is 5.73 Å². The third-order valence-electron chi connectivity index (χ3n) is 2.72. The fraction of sp³-hybridized carbons (Fsp3) is 0.0667. The van der Waals surface area contributed by atoms with E-state index in [-0.39, 0.29) is 19.7 Å². The summed E-state index contributed by atoms with van der Waals surface area (Å²) in [6.45, 7) is 0. The van der Waals surface area contributed by atoms with E-state index in [1.807, 2.05) is 30.3 Å². The van der Waals surface area contributed by atoms with Gasteiger partial charge in [0, 0.05) is 15.8 Å². The van der Waals surface area contributed by atoms with Crippen LogP contribution in [0, 0.1) is 11.6 Å². The quantitative estimate of drug-likeness (QED) is 0.226. The van der Waals surface area contributed by atoms with Crippen molar-refractivity contribution in [2.75, 3.05) is 0 Å². The van der Waals surface area contributed by atoms with E-state index >= 15 is 0 Å². The monoisotopic (exact) mass is 461 g/mol. The first-order valence-electron chi connectivity index (χ1n) is 6.35. The van der Waals surface area contributed by atoms with Crippen molar-refractivity contribution >= 4 is 55.0 Å². The summed E-state index contributed by atoms with van der Waals surface area (Å²) < 4.78 is 27.2. The largest absolute Gasteiger partial charge is 0.377 e. The summed E-state index contributed by atoms with van der Waals surface area (Å²) in [6.07, 6.45) is 1.18. The first kappa shape index (κ1) is 18.1. The van der Waals surface area contributed by atoms with Crippen molar-refractivity contribution in [1.82, 2.24) is 0 Å². The lowest BCUT2D eigenvalue weighted by Crippen LogP contribution is -2.06. The van der Waals surface area contributed by atoms with E-state index in [0.717, 1.165) is 11.6 Å². The molecule has 0 bridgehead atoms. The van der Waals surface area contributed by atoms with Crippen LogP contribution in [-0.4, -0.2) is 11.4 Å². The van der Waals surface area contributed by atoms with Crippen LogP contribution in [0.1, 0.15) is 11.1 Å². The molecule has 0 amide bonds. The zero-order valence-corrected chi connectivity index (χ0v) is 15.6. The van der Waals surface area contributed by atoms with Gasteiger partial charge in [0.25, 0.3) is 0 Å². The third kappa shape index (κ3) is 5.12. The van der Waals surface area contributed by atoms with Crippen LogP contribution >= 0.6 is 43.6 Å². The predicted octanol–water partition coefficient (Wildman–Crippen LogP) is 5.07. The SMILES string of the molecule is NC(=NN=Cc1c(Br)cc(F)c(Br)c1F)SCc1ccccc1. The van der Waals surface area contributed by atoms with Crippen LogP contribution < -0.4 is 5.73 Å². The van der Waals surface area contributed by atoms with E-state index in [0.29, 0.717) is 5.75 Å². The molecule has 0 aliphatic carbocycles. The van der Waals surface area contributed by atoms with Gasteiger partial charge in [-0.15, -0.1) is 5.10 Å². The molecule has 0 saturated carbocycles. The lowest BCUT2D eigenvalue weighted by molar-refractivity contribution is 0.569. The van der Waals surface area contributed by atoms with Gasteiger partial charge in [-0.25, -0.2) is 8.78 Å². The second kappa shape index (κ2) is 8.56. The van der Waals surface area contributed by atoms with Gasteiger partial charge in [0.1, 0.15) is 11.6 Å². The summed E-state index contributed by atoms with van der Waals surface area (Å²) in [5.74, 6) is -0.800. The molecule has 0 unspecified atom stereocenters. The van der Waals surface area contributed by atoms with E-state index in [1.54, 1.807) is 0 Å². The number of benzene rings is 2. The van der Waals surface area contributed by atoms with Gasteiger partial charge in [0.05, 0.1) is 10.7 Å². The van der Waals surface area contributed by atoms with Gasteiger partial charge in [0.2, 0.25) is 0 Å². The van der Waals surface area contributed by atoms with Gasteiger partial charge in [-0.2, -0.15) is 5.10 Å². The highest BCUT2D eigenvalue weighted by Crippen LogP contribution is 2.28. The molecule has 0 heterocycles. The van der Waals surface area contributed by atoms with Gasteiger partial charge in [-0.3, -0.25) is 0 Å². The van der Waals surface area contributed by atoms with Crippen molar-refractivity contribution in [3.8, 4) is 0 Å². The second-order valence-electron chi connectivity index (χ2n) is 4.34. The van der Waals surface area contributed by atoms with E-state index in [1.165, 1.54) is 18.0 Å².